The zero-order valence-corrected chi connectivity index (χ0v) is 22.8. The number of imide groups is 1. The minimum absolute atomic E-state index is 0.0424. The first kappa shape index (κ1) is 28.2. The highest BCUT2D eigenvalue weighted by Gasteiger charge is 2.40. The molecule has 0 spiro atoms. The van der Waals surface area contributed by atoms with E-state index in [0.717, 1.165) is 35.7 Å². The van der Waals surface area contributed by atoms with Crippen molar-refractivity contribution in [3.8, 4) is 0 Å². The molecule has 1 N–H and O–H groups in total. The molecule has 1 aromatic carbocycles. The molecule has 198 valence electrons. The quantitative estimate of drug-likeness (QED) is 0.239. The number of amides is 2. The van der Waals surface area contributed by atoms with Crippen LogP contribution in [0.2, 0.25) is 0 Å². The van der Waals surface area contributed by atoms with Gasteiger partial charge in [-0.1, -0.05) is 26.3 Å². The molecule has 0 aliphatic carbocycles. The minimum atomic E-state index is -3.70. The van der Waals surface area contributed by atoms with Gasteiger partial charge in [0.2, 0.25) is 10.0 Å². The number of unbranched alkanes of at least 4 members (excludes halogenated alkanes) is 2. The van der Waals surface area contributed by atoms with Crippen LogP contribution in [0.5, 0.6) is 0 Å². The van der Waals surface area contributed by atoms with E-state index < -0.39 is 27.8 Å². The third kappa shape index (κ3) is 6.12. The van der Waals surface area contributed by atoms with Crippen molar-refractivity contribution < 1.29 is 27.6 Å². The minimum Gasteiger partial charge on any atom is -0.344 e. The number of allylic oxidation sites excluding steroid dienone is 2. The van der Waals surface area contributed by atoms with Crippen molar-refractivity contribution in [2.45, 2.75) is 76.0 Å². The normalized spacial score (nSPS) is 18.3. The summed E-state index contributed by atoms with van der Waals surface area (Å²) in [5, 5.41) is 0.535. The smallest absolute Gasteiger partial charge is 0.333 e. The predicted molar refractivity (Wildman–Crippen MR) is 140 cm³/mol. The third-order valence-corrected chi connectivity index (χ3v) is 8.31. The van der Waals surface area contributed by atoms with E-state index in [0.29, 0.717) is 24.3 Å². The first-order valence-corrected chi connectivity index (χ1v) is 14.4. The van der Waals surface area contributed by atoms with Crippen LogP contribution in [-0.2, 0) is 34.7 Å². The molecule has 0 aromatic heterocycles. The molecule has 1 fully saturated rings. The zero-order chi connectivity index (χ0) is 26.5. The maximum absolute atomic E-state index is 13.0. The maximum Gasteiger partial charge on any atom is 0.333 e. The maximum atomic E-state index is 13.0. The lowest BCUT2D eigenvalue weighted by molar-refractivity contribution is -0.197. The molecule has 1 saturated heterocycles. The molecule has 1 aromatic rings. The van der Waals surface area contributed by atoms with E-state index in [-0.39, 0.29) is 36.1 Å². The number of hydroxylamine groups is 2. The Kier molecular flexibility index (Phi) is 9.23. The lowest BCUT2D eigenvalue weighted by Crippen LogP contribution is -2.31. The second kappa shape index (κ2) is 11.8. The average molecular weight is 538 g/mol. The van der Waals surface area contributed by atoms with Gasteiger partial charge < -0.3 is 9.74 Å². The van der Waals surface area contributed by atoms with Crippen LogP contribution in [0, 0.1) is 0 Å². The molecule has 0 unspecified atom stereocenters. The third-order valence-electron chi connectivity index (χ3n) is 6.54. The van der Waals surface area contributed by atoms with Gasteiger partial charge in [0.1, 0.15) is 0 Å². The number of hydrogen-bond donors (Lipinski definition) is 2. The van der Waals surface area contributed by atoms with Gasteiger partial charge in [-0.2, -0.15) is 12.6 Å². The Bertz CT molecular complexity index is 1130. The summed E-state index contributed by atoms with van der Waals surface area (Å²) in [5.74, 6) is -0.891. The topological polar surface area (TPSA) is 113 Å². The molecule has 0 atom stereocenters. The van der Waals surface area contributed by atoms with E-state index in [1.807, 2.05) is 13.0 Å². The number of carbonyl (C=O) groups is 3. The number of fused-ring (bicyclic) bond motifs is 1. The fraction of sp³-hybridized carbons (Fsp3) is 0.560. The largest absolute Gasteiger partial charge is 0.344 e. The molecule has 36 heavy (non-hydrogen) atoms. The second-order valence-electron chi connectivity index (χ2n) is 9.46. The number of rotatable bonds is 12. The van der Waals surface area contributed by atoms with E-state index in [2.05, 4.69) is 42.2 Å². The first-order valence-electron chi connectivity index (χ1n) is 12.3. The predicted octanol–water partition coefficient (Wildman–Crippen LogP) is 3.45. The Morgan fingerprint density at radius 3 is 2.47 bits per heavy atom. The summed E-state index contributed by atoms with van der Waals surface area (Å²) < 4.78 is 28.5. The zero-order valence-electron chi connectivity index (χ0n) is 21.1. The fourth-order valence-corrected chi connectivity index (χ4v) is 5.92. The number of anilines is 1. The van der Waals surface area contributed by atoms with Crippen LogP contribution in [0.3, 0.4) is 0 Å². The van der Waals surface area contributed by atoms with Crippen molar-refractivity contribution in [1.82, 2.24) is 9.79 Å². The highest BCUT2D eigenvalue weighted by molar-refractivity contribution is 7.89. The number of nitrogens with one attached hydrogen (secondary N) is 1. The average Bonchev–Trinajstić information content (AvgIpc) is 3.26. The molecular formula is C25H35N3O6S2. The number of sulfonamides is 1. The molecule has 0 radical (unpaired) electrons. The number of benzene rings is 1. The van der Waals surface area contributed by atoms with E-state index in [9.17, 15) is 22.8 Å². The molecule has 11 heteroatoms. The standard InChI is InChI=1S/C25H35N3O6S2/c1-4-21-25(2,3)19-17-18(10-11-20(19)27(21)15-8-16-35)36(32,33)26-14-7-5-6-9-24(31)34-28-22(29)12-13-23(28)30/h4,10-11,17,26,35H,5-9,12-16H2,1-3H3/b21-4+. The van der Waals surface area contributed by atoms with E-state index >= 15 is 0 Å². The van der Waals surface area contributed by atoms with Crippen molar-refractivity contribution in [2.75, 3.05) is 23.7 Å². The molecule has 2 aliphatic heterocycles. The monoisotopic (exact) mass is 537 g/mol. The van der Waals surface area contributed by atoms with Crippen LogP contribution >= 0.6 is 12.6 Å². The number of nitrogens with zero attached hydrogens (tertiary/aromatic N) is 2. The van der Waals surface area contributed by atoms with Crippen LogP contribution in [0.1, 0.15) is 71.3 Å². The van der Waals surface area contributed by atoms with Crippen LogP contribution in [-0.4, -0.2) is 50.1 Å². The summed E-state index contributed by atoms with van der Waals surface area (Å²) in [5.41, 5.74) is 2.84. The van der Waals surface area contributed by atoms with Crippen molar-refractivity contribution in [3.05, 3.63) is 35.5 Å². The van der Waals surface area contributed by atoms with Crippen molar-refractivity contribution in [3.63, 3.8) is 0 Å². The molecule has 9 nitrogen and oxygen atoms in total. The summed E-state index contributed by atoms with van der Waals surface area (Å²) in [6.07, 6.45) is 4.73. The Hall–Kier alpha value is -2.37. The van der Waals surface area contributed by atoms with Crippen LogP contribution in [0.15, 0.2) is 34.9 Å². The van der Waals surface area contributed by atoms with Gasteiger partial charge in [-0.25, -0.2) is 17.9 Å². The van der Waals surface area contributed by atoms with Gasteiger partial charge in [0, 0.05) is 49.2 Å². The number of carbonyl (C=O) groups excluding carboxylic acids is 3. The molecule has 2 aliphatic rings. The van der Waals surface area contributed by atoms with E-state index in [1.165, 1.54) is 0 Å². The summed E-state index contributed by atoms with van der Waals surface area (Å²) in [6, 6.07) is 5.28. The Balaban J connectivity index is 1.52. The Labute approximate surface area is 218 Å². The molecule has 3 rings (SSSR count). The van der Waals surface area contributed by atoms with Gasteiger partial charge in [-0.15, -0.1) is 5.06 Å². The lowest BCUT2D eigenvalue weighted by Gasteiger charge is -2.26. The van der Waals surface area contributed by atoms with Gasteiger partial charge in [0.25, 0.3) is 11.8 Å². The SMILES string of the molecule is C/C=C1/N(CCCS)c2ccc(S(=O)(=O)NCCCCCC(=O)ON3C(=O)CCC3=O)cc2C1(C)C. The van der Waals surface area contributed by atoms with Gasteiger partial charge in [-0.3, -0.25) is 9.59 Å². The Morgan fingerprint density at radius 1 is 1.14 bits per heavy atom. The lowest BCUT2D eigenvalue weighted by atomic mass is 9.84. The summed E-state index contributed by atoms with van der Waals surface area (Å²) in [4.78, 5) is 42.1. The fourth-order valence-electron chi connectivity index (χ4n) is 4.68. The van der Waals surface area contributed by atoms with Crippen LogP contribution in [0.4, 0.5) is 5.69 Å². The second-order valence-corrected chi connectivity index (χ2v) is 11.7. The molecule has 2 amide bonds. The van der Waals surface area contributed by atoms with Crippen molar-refractivity contribution in [1.29, 1.82) is 0 Å². The van der Waals surface area contributed by atoms with E-state index in [4.69, 9.17) is 4.84 Å². The first-order chi connectivity index (χ1) is 17.0. The summed E-state index contributed by atoms with van der Waals surface area (Å²) in [7, 11) is -3.70. The van der Waals surface area contributed by atoms with Gasteiger partial charge in [0.05, 0.1) is 4.90 Å². The highest BCUT2D eigenvalue weighted by atomic mass is 32.2. The molecule has 2 heterocycles. The van der Waals surface area contributed by atoms with E-state index in [1.54, 1.807) is 12.1 Å². The number of thiol groups is 1. The molecular weight excluding hydrogens is 502 g/mol. The summed E-state index contributed by atoms with van der Waals surface area (Å²) in [6.45, 7) is 7.26. The van der Waals surface area contributed by atoms with Crippen molar-refractivity contribution in [2.24, 2.45) is 0 Å². The molecule has 0 bridgehead atoms. The van der Waals surface area contributed by atoms with Gasteiger partial charge in [0.15, 0.2) is 0 Å². The Morgan fingerprint density at radius 2 is 1.83 bits per heavy atom. The summed E-state index contributed by atoms with van der Waals surface area (Å²) >= 11 is 4.33. The highest BCUT2D eigenvalue weighted by Crippen LogP contribution is 2.48. The van der Waals surface area contributed by atoms with Crippen molar-refractivity contribution >= 4 is 46.1 Å². The van der Waals surface area contributed by atoms with Gasteiger partial charge in [-0.05, 0) is 55.7 Å². The van der Waals surface area contributed by atoms with Crippen LogP contribution in [0.25, 0.3) is 0 Å². The van der Waals surface area contributed by atoms with Crippen LogP contribution < -0.4 is 9.62 Å². The number of hydrogen-bond acceptors (Lipinski definition) is 8. The van der Waals surface area contributed by atoms with Gasteiger partial charge >= 0.3 is 5.97 Å². The molecule has 0 saturated carbocycles.